The first-order valence-electron chi connectivity index (χ1n) is 8.58. The van der Waals surface area contributed by atoms with Gasteiger partial charge in [0.2, 0.25) is 0 Å². The monoisotopic (exact) mass is 337 g/mol. The SMILES string of the molecule is O=C(NC[C@H](c1ccco1)[NH+]1CCc2ccccc2C1)c1ccco1. The minimum absolute atomic E-state index is 0.0715. The summed E-state index contributed by atoms with van der Waals surface area (Å²) >= 11 is 0. The summed E-state index contributed by atoms with van der Waals surface area (Å²) in [5.41, 5.74) is 2.79. The van der Waals surface area contributed by atoms with E-state index in [9.17, 15) is 4.79 Å². The van der Waals surface area contributed by atoms with Crippen LogP contribution < -0.4 is 10.2 Å². The molecule has 0 saturated heterocycles. The number of nitrogens with one attached hydrogen (secondary N) is 2. The van der Waals surface area contributed by atoms with Crippen LogP contribution in [0.5, 0.6) is 0 Å². The average molecular weight is 337 g/mol. The first kappa shape index (κ1) is 15.7. The van der Waals surface area contributed by atoms with Crippen LogP contribution in [0.4, 0.5) is 0 Å². The number of benzene rings is 1. The Morgan fingerprint density at radius 3 is 2.60 bits per heavy atom. The predicted molar refractivity (Wildman–Crippen MR) is 92.2 cm³/mol. The van der Waals surface area contributed by atoms with Crippen LogP contribution in [0.3, 0.4) is 0 Å². The molecule has 0 bridgehead atoms. The second-order valence-electron chi connectivity index (χ2n) is 6.36. The Hall–Kier alpha value is -2.79. The van der Waals surface area contributed by atoms with Gasteiger partial charge in [-0.25, -0.2) is 0 Å². The molecular formula is C20H21N2O3+. The normalized spacial score (nSPS) is 17.7. The van der Waals surface area contributed by atoms with E-state index in [2.05, 4.69) is 29.6 Å². The van der Waals surface area contributed by atoms with Gasteiger partial charge in [0.25, 0.3) is 5.91 Å². The zero-order chi connectivity index (χ0) is 17.1. The molecule has 0 radical (unpaired) electrons. The molecule has 2 atom stereocenters. The molecule has 3 aromatic rings. The van der Waals surface area contributed by atoms with Gasteiger partial charge in [-0.2, -0.15) is 0 Å². The number of furan rings is 2. The Morgan fingerprint density at radius 2 is 1.84 bits per heavy atom. The summed E-state index contributed by atoms with van der Waals surface area (Å²) in [6, 6.07) is 15.9. The average Bonchev–Trinajstić information content (AvgIpc) is 3.35. The van der Waals surface area contributed by atoms with Crippen molar-refractivity contribution in [3.63, 3.8) is 0 Å². The van der Waals surface area contributed by atoms with Crippen molar-refractivity contribution in [1.82, 2.24) is 5.32 Å². The maximum atomic E-state index is 12.2. The van der Waals surface area contributed by atoms with E-state index in [-0.39, 0.29) is 11.9 Å². The number of hydrogen-bond acceptors (Lipinski definition) is 3. The lowest BCUT2D eigenvalue weighted by atomic mass is 9.98. The summed E-state index contributed by atoms with van der Waals surface area (Å²) in [6.45, 7) is 2.45. The molecule has 0 saturated carbocycles. The zero-order valence-electron chi connectivity index (χ0n) is 13.9. The Balaban J connectivity index is 1.50. The summed E-state index contributed by atoms with van der Waals surface area (Å²) in [5.74, 6) is 1.03. The van der Waals surface area contributed by atoms with Crippen LogP contribution >= 0.6 is 0 Å². The van der Waals surface area contributed by atoms with Gasteiger partial charge < -0.3 is 19.1 Å². The number of carbonyl (C=O) groups excluding carboxylic acids is 1. The highest BCUT2D eigenvalue weighted by Crippen LogP contribution is 2.15. The van der Waals surface area contributed by atoms with Crippen molar-refractivity contribution in [2.24, 2.45) is 0 Å². The maximum absolute atomic E-state index is 12.2. The molecule has 1 aliphatic rings. The van der Waals surface area contributed by atoms with Crippen LogP contribution in [-0.2, 0) is 13.0 Å². The van der Waals surface area contributed by atoms with Gasteiger partial charge in [-0.15, -0.1) is 0 Å². The van der Waals surface area contributed by atoms with E-state index in [1.54, 1.807) is 18.4 Å². The number of amides is 1. The van der Waals surface area contributed by atoms with E-state index in [0.717, 1.165) is 25.3 Å². The van der Waals surface area contributed by atoms with Crippen LogP contribution in [0.15, 0.2) is 69.9 Å². The molecule has 0 aliphatic carbocycles. The molecule has 0 spiro atoms. The molecule has 0 fully saturated rings. The van der Waals surface area contributed by atoms with E-state index in [0.29, 0.717) is 12.3 Å². The number of quaternary nitrogens is 1. The molecule has 5 heteroatoms. The van der Waals surface area contributed by atoms with Gasteiger partial charge in [0.1, 0.15) is 6.54 Å². The highest BCUT2D eigenvalue weighted by Gasteiger charge is 2.30. The van der Waals surface area contributed by atoms with Gasteiger partial charge in [-0.1, -0.05) is 24.3 Å². The Bertz CT molecular complexity index is 825. The molecule has 1 amide bonds. The zero-order valence-corrected chi connectivity index (χ0v) is 13.9. The number of rotatable bonds is 5. The number of fused-ring (bicyclic) bond motifs is 1. The fraction of sp³-hybridized carbons (Fsp3) is 0.250. The minimum Gasteiger partial charge on any atom is -0.463 e. The fourth-order valence-electron chi connectivity index (χ4n) is 3.52. The Labute approximate surface area is 146 Å². The first-order chi connectivity index (χ1) is 12.3. The molecule has 2 N–H and O–H groups in total. The summed E-state index contributed by atoms with van der Waals surface area (Å²) in [6.07, 6.45) is 4.23. The summed E-state index contributed by atoms with van der Waals surface area (Å²) < 4.78 is 10.8. The molecule has 128 valence electrons. The maximum Gasteiger partial charge on any atom is 0.287 e. The van der Waals surface area contributed by atoms with Crippen molar-refractivity contribution in [3.05, 3.63) is 83.7 Å². The van der Waals surface area contributed by atoms with Crippen molar-refractivity contribution in [2.75, 3.05) is 13.1 Å². The van der Waals surface area contributed by atoms with Crippen molar-refractivity contribution in [1.29, 1.82) is 0 Å². The number of hydrogen-bond donors (Lipinski definition) is 2. The predicted octanol–water partition coefficient (Wildman–Crippen LogP) is 1.98. The first-order valence-corrected chi connectivity index (χ1v) is 8.58. The Morgan fingerprint density at radius 1 is 1.04 bits per heavy atom. The summed E-state index contributed by atoms with van der Waals surface area (Å²) in [5, 5.41) is 2.98. The van der Waals surface area contributed by atoms with Gasteiger partial charge in [0.15, 0.2) is 17.6 Å². The lowest BCUT2D eigenvalue weighted by Gasteiger charge is -2.31. The molecule has 3 heterocycles. The number of carbonyl (C=O) groups is 1. The van der Waals surface area contributed by atoms with Gasteiger partial charge in [0.05, 0.1) is 25.6 Å². The highest BCUT2D eigenvalue weighted by molar-refractivity contribution is 5.91. The second-order valence-corrected chi connectivity index (χ2v) is 6.36. The van der Waals surface area contributed by atoms with Crippen molar-refractivity contribution >= 4 is 5.91 Å². The van der Waals surface area contributed by atoms with E-state index in [1.807, 2.05) is 12.1 Å². The standard InChI is InChI=1S/C20H20N2O3/c23-20(19-8-4-12-25-19)21-13-17(18-7-3-11-24-18)22-10-9-15-5-1-2-6-16(15)14-22/h1-8,11-12,17H,9-10,13-14H2,(H,21,23)/p+1/t17-/m1/s1. The topological polar surface area (TPSA) is 59.8 Å². The molecule has 4 rings (SSSR count). The van der Waals surface area contributed by atoms with Gasteiger partial charge in [-0.05, 0) is 29.8 Å². The van der Waals surface area contributed by atoms with Crippen LogP contribution in [0, 0.1) is 0 Å². The third-order valence-electron chi connectivity index (χ3n) is 4.84. The van der Waals surface area contributed by atoms with Crippen LogP contribution in [0.25, 0.3) is 0 Å². The van der Waals surface area contributed by atoms with E-state index in [1.165, 1.54) is 22.3 Å². The van der Waals surface area contributed by atoms with Crippen LogP contribution in [0.1, 0.15) is 33.5 Å². The largest absolute Gasteiger partial charge is 0.463 e. The fourth-order valence-corrected chi connectivity index (χ4v) is 3.52. The quantitative estimate of drug-likeness (QED) is 0.748. The van der Waals surface area contributed by atoms with Gasteiger partial charge in [-0.3, -0.25) is 4.79 Å². The van der Waals surface area contributed by atoms with Crippen molar-refractivity contribution < 1.29 is 18.5 Å². The van der Waals surface area contributed by atoms with Crippen LogP contribution in [-0.4, -0.2) is 19.0 Å². The van der Waals surface area contributed by atoms with Gasteiger partial charge in [0, 0.05) is 12.0 Å². The third-order valence-corrected chi connectivity index (χ3v) is 4.84. The van der Waals surface area contributed by atoms with E-state index < -0.39 is 0 Å². The lowest BCUT2D eigenvalue weighted by molar-refractivity contribution is -0.946. The smallest absolute Gasteiger partial charge is 0.287 e. The third kappa shape index (κ3) is 3.37. The molecule has 1 aromatic carbocycles. The Kier molecular flexibility index (Phi) is 4.39. The molecule has 1 unspecified atom stereocenters. The summed E-state index contributed by atoms with van der Waals surface area (Å²) in [7, 11) is 0. The summed E-state index contributed by atoms with van der Waals surface area (Å²) in [4.78, 5) is 13.6. The van der Waals surface area contributed by atoms with Gasteiger partial charge >= 0.3 is 0 Å². The lowest BCUT2D eigenvalue weighted by Crippen LogP contribution is -3.12. The van der Waals surface area contributed by atoms with E-state index in [4.69, 9.17) is 8.83 Å². The molecule has 25 heavy (non-hydrogen) atoms. The van der Waals surface area contributed by atoms with Crippen molar-refractivity contribution in [2.45, 2.75) is 19.0 Å². The molecule has 2 aromatic heterocycles. The second kappa shape index (κ2) is 6.99. The molecule has 5 nitrogen and oxygen atoms in total. The van der Waals surface area contributed by atoms with E-state index >= 15 is 0 Å². The highest BCUT2D eigenvalue weighted by atomic mass is 16.3. The molecular weight excluding hydrogens is 316 g/mol. The van der Waals surface area contributed by atoms with Crippen LogP contribution in [0.2, 0.25) is 0 Å². The molecule has 1 aliphatic heterocycles. The minimum atomic E-state index is -0.196. The van der Waals surface area contributed by atoms with Crippen molar-refractivity contribution in [3.8, 4) is 0 Å².